The van der Waals surface area contributed by atoms with Crippen molar-refractivity contribution in [2.24, 2.45) is 0 Å². The molecule has 132 valence electrons. The second-order valence-corrected chi connectivity index (χ2v) is 6.51. The molecule has 3 heteroatoms. The molecule has 0 unspecified atom stereocenters. The van der Waals surface area contributed by atoms with Crippen LogP contribution in [0, 0.1) is 6.92 Å². The third-order valence-electron chi connectivity index (χ3n) is 4.45. The number of amides is 1. The topological polar surface area (TPSA) is 38.3 Å². The molecule has 0 atom stereocenters. The van der Waals surface area contributed by atoms with Gasteiger partial charge in [0.2, 0.25) is 0 Å². The number of rotatable bonds is 6. The van der Waals surface area contributed by atoms with Crippen LogP contribution in [0.25, 0.3) is 0 Å². The molecule has 0 aromatic heterocycles. The monoisotopic (exact) mass is 345 g/mol. The first-order valence-corrected chi connectivity index (χ1v) is 8.69. The minimum Gasteiger partial charge on any atom is -0.484 e. The van der Waals surface area contributed by atoms with Gasteiger partial charge in [0, 0.05) is 0 Å². The highest BCUT2D eigenvalue weighted by Crippen LogP contribution is 2.29. The number of aryl methyl sites for hydroxylation is 1. The van der Waals surface area contributed by atoms with Crippen molar-refractivity contribution in [1.82, 2.24) is 5.32 Å². The first-order valence-electron chi connectivity index (χ1n) is 8.69. The highest BCUT2D eigenvalue weighted by atomic mass is 16.5. The minimum atomic E-state index is -0.629. The number of carbonyl (C=O) groups excluding carboxylic acids is 1. The van der Waals surface area contributed by atoms with Crippen molar-refractivity contribution in [1.29, 1.82) is 0 Å². The van der Waals surface area contributed by atoms with E-state index in [2.05, 4.69) is 5.32 Å². The van der Waals surface area contributed by atoms with Gasteiger partial charge in [0.1, 0.15) is 5.75 Å². The summed E-state index contributed by atoms with van der Waals surface area (Å²) in [6.45, 7) is 3.98. The lowest BCUT2D eigenvalue weighted by Crippen LogP contribution is -2.46. The lowest BCUT2D eigenvalue weighted by Gasteiger charge is -2.32. The van der Waals surface area contributed by atoms with Crippen molar-refractivity contribution in [3.8, 4) is 5.75 Å². The van der Waals surface area contributed by atoms with Crippen molar-refractivity contribution in [3.63, 3.8) is 0 Å². The number of nitrogens with one attached hydrogen (secondary N) is 1. The van der Waals surface area contributed by atoms with Gasteiger partial charge < -0.3 is 10.1 Å². The normalized spacial score (nSPS) is 11.0. The van der Waals surface area contributed by atoms with Gasteiger partial charge in [-0.05, 0) is 42.7 Å². The van der Waals surface area contributed by atoms with E-state index in [0.29, 0.717) is 5.75 Å². The van der Waals surface area contributed by atoms with E-state index in [4.69, 9.17) is 4.74 Å². The zero-order valence-corrected chi connectivity index (χ0v) is 15.1. The van der Waals surface area contributed by atoms with Gasteiger partial charge in [-0.3, -0.25) is 4.79 Å². The van der Waals surface area contributed by atoms with Gasteiger partial charge in [0.15, 0.2) is 6.61 Å². The zero-order chi connectivity index (χ0) is 18.4. The molecule has 0 aliphatic heterocycles. The van der Waals surface area contributed by atoms with Gasteiger partial charge in [-0.15, -0.1) is 0 Å². The molecule has 0 saturated heterocycles. The summed E-state index contributed by atoms with van der Waals surface area (Å²) in [6, 6.07) is 27.6. The Morgan fingerprint density at radius 1 is 0.885 bits per heavy atom. The van der Waals surface area contributed by atoms with Crippen LogP contribution in [0.15, 0.2) is 84.9 Å². The maximum absolute atomic E-state index is 12.6. The second-order valence-electron chi connectivity index (χ2n) is 6.51. The molecule has 0 aliphatic rings. The number of carbonyl (C=O) groups is 1. The van der Waals surface area contributed by atoms with Crippen molar-refractivity contribution < 1.29 is 9.53 Å². The molecule has 0 fully saturated rings. The molecular weight excluding hydrogens is 322 g/mol. The van der Waals surface area contributed by atoms with E-state index in [9.17, 15) is 4.79 Å². The fourth-order valence-electron chi connectivity index (χ4n) is 3.02. The summed E-state index contributed by atoms with van der Waals surface area (Å²) in [4.78, 5) is 12.6. The molecule has 1 N–H and O–H groups in total. The Labute approximate surface area is 154 Å². The van der Waals surface area contributed by atoms with Crippen LogP contribution in [-0.2, 0) is 10.3 Å². The largest absolute Gasteiger partial charge is 0.484 e. The summed E-state index contributed by atoms with van der Waals surface area (Å²) in [5, 5.41) is 3.15. The summed E-state index contributed by atoms with van der Waals surface area (Å²) in [7, 11) is 0. The standard InChI is InChI=1S/C23H23NO2/c1-18-10-9-15-21(16-18)26-17-22(25)24-23(2,19-11-5-3-6-12-19)20-13-7-4-8-14-20/h3-16H,17H2,1-2H3,(H,24,25). The van der Waals surface area contributed by atoms with E-state index < -0.39 is 5.54 Å². The number of benzene rings is 3. The third kappa shape index (κ3) is 4.12. The molecular formula is C23H23NO2. The van der Waals surface area contributed by atoms with Crippen LogP contribution in [-0.4, -0.2) is 12.5 Å². The average molecular weight is 345 g/mol. The second kappa shape index (κ2) is 7.87. The molecule has 3 aromatic rings. The minimum absolute atomic E-state index is 0.0291. The maximum atomic E-state index is 12.6. The maximum Gasteiger partial charge on any atom is 0.258 e. The van der Waals surface area contributed by atoms with E-state index in [1.807, 2.05) is 98.8 Å². The molecule has 0 bridgehead atoms. The quantitative estimate of drug-likeness (QED) is 0.716. The van der Waals surface area contributed by atoms with Crippen molar-refractivity contribution in [2.75, 3.05) is 6.61 Å². The molecule has 3 rings (SSSR count). The molecule has 0 saturated carbocycles. The molecule has 1 amide bonds. The van der Waals surface area contributed by atoms with Crippen LogP contribution in [0.5, 0.6) is 5.75 Å². The van der Waals surface area contributed by atoms with E-state index in [1.165, 1.54) is 0 Å². The Balaban J connectivity index is 1.79. The number of ether oxygens (including phenoxy) is 1. The summed E-state index contributed by atoms with van der Waals surface area (Å²) in [6.07, 6.45) is 0. The highest BCUT2D eigenvalue weighted by Gasteiger charge is 2.30. The first kappa shape index (κ1) is 17.7. The molecule has 26 heavy (non-hydrogen) atoms. The predicted octanol–water partition coefficient (Wildman–Crippen LogP) is 4.45. The Morgan fingerprint density at radius 3 is 2.00 bits per heavy atom. The van der Waals surface area contributed by atoms with Crippen molar-refractivity contribution in [3.05, 3.63) is 102 Å². The fraction of sp³-hybridized carbons (Fsp3) is 0.174. The van der Waals surface area contributed by atoms with Crippen LogP contribution < -0.4 is 10.1 Å². The van der Waals surface area contributed by atoms with Crippen LogP contribution >= 0.6 is 0 Å². The Kier molecular flexibility index (Phi) is 5.37. The van der Waals surface area contributed by atoms with Gasteiger partial charge >= 0.3 is 0 Å². The van der Waals surface area contributed by atoms with Gasteiger partial charge in [-0.1, -0.05) is 72.8 Å². The van der Waals surface area contributed by atoms with Gasteiger partial charge in [0.25, 0.3) is 5.91 Å². The van der Waals surface area contributed by atoms with E-state index in [0.717, 1.165) is 16.7 Å². The van der Waals surface area contributed by atoms with Gasteiger partial charge in [-0.25, -0.2) is 0 Å². The van der Waals surface area contributed by atoms with E-state index in [-0.39, 0.29) is 12.5 Å². The summed E-state index contributed by atoms with van der Waals surface area (Å²) < 4.78 is 5.65. The molecule has 0 aliphatic carbocycles. The molecule has 0 radical (unpaired) electrons. The summed E-state index contributed by atoms with van der Waals surface area (Å²) in [5.74, 6) is 0.531. The molecule has 3 nitrogen and oxygen atoms in total. The van der Waals surface area contributed by atoms with Crippen LogP contribution in [0.3, 0.4) is 0 Å². The van der Waals surface area contributed by atoms with Gasteiger partial charge in [0.05, 0.1) is 5.54 Å². The van der Waals surface area contributed by atoms with E-state index in [1.54, 1.807) is 0 Å². The number of hydrogen-bond donors (Lipinski definition) is 1. The molecule has 3 aromatic carbocycles. The smallest absolute Gasteiger partial charge is 0.258 e. The lowest BCUT2D eigenvalue weighted by atomic mass is 9.84. The predicted molar refractivity (Wildman–Crippen MR) is 104 cm³/mol. The fourth-order valence-corrected chi connectivity index (χ4v) is 3.02. The van der Waals surface area contributed by atoms with Crippen LogP contribution in [0.4, 0.5) is 0 Å². The zero-order valence-electron chi connectivity index (χ0n) is 15.1. The van der Waals surface area contributed by atoms with Crippen molar-refractivity contribution >= 4 is 5.91 Å². The Morgan fingerprint density at radius 2 is 1.46 bits per heavy atom. The highest BCUT2D eigenvalue weighted by molar-refractivity contribution is 5.79. The van der Waals surface area contributed by atoms with Crippen molar-refractivity contribution in [2.45, 2.75) is 19.4 Å². The molecule has 0 heterocycles. The molecule has 0 spiro atoms. The summed E-state index contributed by atoms with van der Waals surface area (Å²) in [5.41, 5.74) is 2.52. The first-order chi connectivity index (χ1) is 12.6. The third-order valence-corrected chi connectivity index (χ3v) is 4.45. The SMILES string of the molecule is Cc1cccc(OCC(=O)NC(C)(c2ccccc2)c2ccccc2)c1. The Hall–Kier alpha value is -3.07. The summed E-state index contributed by atoms with van der Waals surface area (Å²) >= 11 is 0. The van der Waals surface area contributed by atoms with E-state index >= 15 is 0 Å². The Bertz CT molecular complexity index is 820. The number of hydrogen-bond acceptors (Lipinski definition) is 2. The van der Waals surface area contributed by atoms with Crippen LogP contribution in [0.2, 0.25) is 0 Å². The lowest BCUT2D eigenvalue weighted by molar-refractivity contribution is -0.124. The average Bonchev–Trinajstić information content (AvgIpc) is 2.68. The van der Waals surface area contributed by atoms with Gasteiger partial charge in [-0.2, -0.15) is 0 Å². The van der Waals surface area contributed by atoms with Crippen LogP contribution in [0.1, 0.15) is 23.6 Å².